The summed E-state index contributed by atoms with van der Waals surface area (Å²) in [5, 5.41) is 3.64. The van der Waals surface area contributed by atoms with Gasteiger partial charge in [-0.25, -0.2) is 4.79 Å². The van der Waals surface area contributed by atoms with Crippen LogP contribution in [0.1, 0.15) is 68.9 Å². The number of aryl methyl sites for hydroxylation is 1. The van der Waals surface area contributed by atoms with Gasteiger partial charge >= 0.3 is 6.03 Å². The predicted octanol–water partition coefficient (Wildman–Crippen LogP) is 4.36. The smallest absolute Gasteiger partial charge is 0.345 e. The van der Waals surface area contributed by atoms with E-state index in [0.717, 1.165) is 64.2 Å². The van der Waals surface area contributed by atoms with Gasteiger partial charge in [0.05, 0.1) is 0 Å². The molecule has 1 aromatic carbocycles. The maximum absolute atomic E-state index is 12.9. The van der Waals surface area contributed by atoms with E-state index in [1.54, 1.807) is 0 Å². The Bertz CT molecular complexity index is 711. The standard InChI is InChI=1S/C24H36N4O/c29-24-26-23(25-22-11-4-1-5-12-22)13-15-27-16-17-28(24)14-6-2-3-8-20-9-7-10-21(18-20)19-27/h7,9-10,18,22H,1-6,8,11-17,19H2,(H,25,26,29). The molecule has 0 spiro atoms. The van der Waals surface area contributed by atoms with Crippen molar-refractivity contribution in [1.29, 1.82) is 0 Å². The quantitative estimate of drug-likeness (QED) is 0.767. The number of hydrogen-bond acceptors (Lipinski definition) is 3. The molecule has 3 aliphatic rings. The monoisotopic (exact) mass is 396 g/mol. The predicted molar refractivity (Wildman–Crippen MR) is 118 cm³/mol. The lowest BCUT2D eigenvalue weighted by Crippen LogP contribution is -2.38. The summed E-state index contributed by atoms with van der Waals surface area (Å²) in [6, 6.07) is 9.52. The highest BCUT2D eigenvalue weighted by molar-refractivity contribution is 5.94. The molecular weight excluding hydrogens is 360 g/mol. The summed E-state index contributed by atoms with van der Waals surface area (Å²) >= 11 is 0. The number of nitrogens with zero attached hydrogens (tertiary/aromatic N) is 3. The van der Waals surface area contributed by atoms with Crippen molar-refractivity contribution in [3.05, 3.63) is 35.4 Å². The molecule has 0 radical (unpaired) electrons. The number of carbonyl (C=O) groups is 1. The summed E-state index contributed by atoms with van der Waals surface area (Å²) in [5.41, 5.74) is 2.83. The van der Waals surface area contributed by atoms with Crippen LogP contribution in [0.15, 0.2) is 29.3 Å². The third-order valence-corrected chi connectivity index (χ3v) is 6.62. The van der Waals surface area contributed by atoms with Crippen molar-refractivity contribution in [2.24, 2.45) is 4.99 Å². The van der Waals surface area contributed by atoms with Crippen LogP contribution in [0.4, 0.5) is 4.79 Å². The molecule has 0 aromatic heterocycles. The van der Waals surface area contributed by atoms with Crippen LogP contribution in [0.2, 0.25) is 0 Å². The third kappa shape index (κ3) is 6.05. The van der Waals surface area contributed by atoms with Crippen molar-refractivity contribution in [2.45, 2.75) is 76.8 Å². The van der Waals surface area contributed by atoms with Gasteiger partial charge in [-0.15, -0.1) is 0 Å². The number of benzene rings is 1. The van der Waals surface area contributed by atoms with Gasteiger partial charge in [-0.1, -0.05) is 49.9 Å². The van der Waals surface area contributed by atoms with Crippen LogP contribution in [0.5, 0.6) is 0 Å². The zero-order valence-corrected chi connectivity index (χ0v) is 17.7. The third-order valence-electron chi connectivity index (χ3n) is 6.62. The molecule has 5 heteroatoms. The summed E-state index contributed by atoms with van der Waals surface area (Å²) in [6.45, 7) is 4.42. The fourth-order valence-corrected chi connectivity index (χ4v) is 4.88. The number of amides is 2. The largest absolute Gasteiger partial charge is 0.371 e. The van der Waals surface area contributed by atoms with Crippen LogP contribution < -0.4 is 5.32 Å². The molecule has 4 rings (SSSR count). The van der Waals surface area contributed by atoms with Crippen molar-refractivity contribution < 1.29 is 4.79 Å². The molecule has 5 nitrogen and oxygen atoms in total. The topological polar surface area (TPSA) is 47.9 Å². The minimum atomic E-state index is -0.0411. The number of rotatable bonds is 1. The van der Waals surface area contributed by atoms with E-state index in [0.29, 0.717) is 6.04 Å². The zero-order chi connectivity index (χ0) is 19.9. The summed E-state index contributed by atoms with van der Waals surface area (Å²) in [4.78, 5) is 22.0. The molecule has 1 aliphatic carbocycles. The number of hydrogen-bond donors (Lipinski definition) is 1. The summed E-state index contributed by atoms with van der Waals surface area (Å²) in [6.07, 6.45) is 11.7. The van der Waals surface area contributed by atoms with Gasteiger partial charge in [0.25, 0.3) is 0 Å². The second kappa shape index (κ2) is 10.2. The van der Waals surface area contributed by atoms with Crippen LogP contribution in [0, 0.1) is 0 Å². The van der Waals surface area contributed by atoms with E-state index in [1.807, 2.05) is 4.90 Å². The first-order valence-electron chi connectivity index (χ1n) is 11.7. The number of urea groups is 1. The average Bonchev–Trinajstić information content (AvgIpc) is 2.80. The highest BCUT2D eigenvalue weighted by Gasteiger charge is 2.21. The Morgan fingerprint density at radius 2 is 1.69 bits per heavy atom. The Labute approximate surface area is 175 Å². The molecular formula is C24H36N4O. The fourth-order valence-electron chi connectivity index (χ4n) is 4.88. The molecule has 2 amide bonds. The van der Waals surface area contributed by atoms with Crippen molar-refractivity contribution in [2.75, 3.05) is 26.2 Å². The molecule has 1 fully saturated rings. The molecule has 1 saturated carbocycles. The molecule has 2 aliphatic heterocycles. The Morgan fingerprint density at radius 3 is 2.59 bits per heavy atom. The molecule has 4 bridgehead atoms. The lowest BCUT2D eigenvalue weighted by atomic mass is 9.95. The van der Waals surface area contributed by atoms with Crippen molar-refractivity contribution >= 4 is 11.9 Å². The van der Waals surface area contributed by atoms with Gasteiger partial charge in [-0.3, -0.25) is 4.90 Å². The highest BCUT2D eigenvalue weighted by atomic mass is 16.2. The lowest BCUT2D eigenvalue weighted by Gasteiger charge is -2.26. The molecule has 1 N–H and O–H groups in total. The number of aliphatic imine (C=N–C) groups is 1. The maximum atomic E-state index is 12.9. The minimum absolute atomic E-state index is 0.0411. The van der Waals surface area contributed by atoms with E-state index in [-0.39, 0.29) is 6.03 Å². The summed E-state index contributed by atoms with van der Waals surface area (Å²) in [7, 11) is 0. The van der Waals surface area contributed by atoms with Crippen molar-refractivity contribution in [1.82, 2.24) is 15.1 Å². The highest BCUT2D eigenvalue weighted by Crippen LogP contribution is 2.19. The van der Waals surface area contributed by atoms with Gasteiger partial charge in [-0.05, 0) is 43.2 Å². The molecule has 29 heavy (non-hydrogen) atoms. The average molecular weight is 397 g/mol. The lowest BCUT2D eigenvalue weighted by molar-refractivity contribution is 0.190. The van der Waals surface area contributed by atoms with E-state index in [2.05, 4.69) is 39.5 Å². The minimum Gasteiger partial charge on any atom is -0.371 e. The van der Waals surface area contributed by atoms with Crippen LogP contribution in [-0.4, -0.2) is 53.9 Å². The number of fused-ring (bicyclic) bond motifs is 5. The Kier molecular flexibility index (Phi) is 7.20. The number of carbonyl (C=O) groups excluding carboxylic acids is 1. The molecule has 1 aromatic rings. The molecule has 158 valence electrons. The van der Waals surface area contributed by atoms with Crippen LogP contribution in [0.3, 0.4) is 0 Å². The van der Waals surface area contributed by atoms with E-state index < -0.39 is 0 Å². The van der Waals surface area contributed by atoms with E-state index in [9.17, 15) is 4.79 Å². The van der Waals surface area contributed by atoms with Crippen molar-refractivity contribution in [3.63, 3.8) is 0 Å². The molecule has 1 unspecified atom stereocenters. The summed E-state index contributed by atoms with van der Waals surface area (Å²) < 4.78 is 0. The Morgan fingerprint density at radius 1 is 0.862 bits per heavy atom. The number of nitrogens with one attached hydrogen (secondary N) is 1. The van der Waals surface area contributed by atoms with Gasteiger partial charge < -0.3 is 10.2 Å². The fraction of sp³-hybridized carbons (Fsp3) is 0.667. The van der Waals surface area contributed by atoms with E-state index in [4.69, 9.17) is 0 Å². The molecule has 1 atom stereocenters. The van der Waals surface area contributed by atoms with E-state index >= 15 is 0 Å². The first-order valence-corrected chi connectivity index (χ1v) is 11.7. The van der Waals surface area contributed by atoms with E-state index in [1.165, 1.54) is 49.7 Å². The normalized spacial score (nSPS) is 26.8. The Hall–Kier alpha value is -1.88. The first-order chi connectivity index (χ1) is 14.3. The van der Waals surface area contributed by atoms with Gasteiger partial charge in [-0.2, -0.15) is 4.99 Å². The first kappa shape index (κ1) is 20.4. The van der Waals surface area contributed by atoms with Crippen LogP contribution in [-0.2, 0) is 13.0 Å². The second-order valence-corrected chi connectivity index (χ2v) is 8.96. The zero-order valence-electron chi connectivity index (χ0n) is 17.7. The second-order valence-electron chi connectivity index (χ2n) is 8.96. The number of amidine groups is 1. The van der Waals surface area contributed by atoms with Gasteiger partial charge in [0.15, 0.2) is 0 Å². The Balaban J connectivity index is 1.52. The van der Waals surface area contributed by atoms with Crippen molar-refractivity contribution in [3.8, 4) is 0 Å². The van der Waals surface area contributed by atoms with Gasteiger partial charge in [0.1, 0.15) is 5.84 Å². The van der Waals surface area contributed by atoms with Crippen LogP contribution in [0.25, 0.3) is 0 Å². The van der Waals surface area contributed by atoms with Gasteiger partial charge in [0.2, 0.25) is 0 Å². The molecule has 2 heterocycles. The van der Waals surface area contributed by atoms with Crippen LogP contribution >= 0.6 is 0 Å². The SMILES string of the molecule is O=C1/N=C(/NC2CCCCC2)CCN2CCN1CCCCCc1cccc(c1)C2. The summed E-state index contributed by atoms with van der Waals surface area (Å²) in [5.74, 6) is 0.902. The maximum Gasteiger partial charge on any atom is 0.345 e. The molecule has 0 saturated heterocycles. The van der Waals surface area contributed by atoms with Gasteiger partial charge in [0, 0.05) is 45.2 Å².